The molecule has 0 aliphatic heterocycles. The maximum Gasteiger partial charge on any atom is 0.156 e. The molecule has 1 aromatic rings. The smallest absolute Gasteiger partial charge is 0.156 e. The van der Waals surface area contributed by atoms with Gasteiger partial charge >= 0.3 is 0 Å². The second-order valence-corrected chi connectivity index (χ2v) is 5.30. The molecule has 96 valence electrons. The zero-order chi connectivity index (χ0) is 12.4. The van der Waals surface area contributed by atoms with Crippen molar-refractivity contribution >= 4 is 0 Å². The summed E-state index contributed by atoms with van der Waals surface area (Å²) >= 11 is 0. The van der Waals surface area contributed by atoms with Gasteiger partial charge in [0.2, 0.25) is 0 Å². The molecule has 4 unspecified atom stereocenters. The molecular weight excluding hydrogens is 214 g/mol. The van der Waals surface area contributed by atoms with E-state index < -0.39 is 0 Å². The van der Waals surface area contributed by atoms with E-state index in [0.717, 1.165) is 11.7 Å². The Hall–Kier alpha value is -1.03. The fourth-order valence-electron chi connectivity index (χ4n) is 3.16. The summed E-state index contributed by atoms with van der Waals surface area (Å²) in [6.45, 7) is 4.65. The lowest BCUT2D eigenvalue weighted by Gasteiger charge is -2.39. The van der Waals surface area contributed by atoms with Crippen molar-refractivity contribution in [1.29, 1.82) is 0 Å². The van der Waals surface area contributed by atoms with Crippen LogP contribution in [0.1, 0.15) is 32.7 Å². The van der Waals surface area contributed by atoms with E-state index in [4.69, 9.17) is 4.74 Å². The van der Waals surface area contributed by atoms with E-state index in [2.05, 4.69) is 28.9 Å². The fourth-order valence-corrected chi connectivity index (χ4v) is 3.16. The third-order valence-corrected chi connectivity index (χ3v) is 3.92. The molecule has 0 spiro atoms. The Bertz CT molecular complexity index is 363. The van der Waals surface area contributed by atoms with Crippen LogP contribution in [0.5, 0.6) is 5.75 Å². The number of hydrogen-bond donors (Lipinski definition) is 1. The molecule has 1 saturated carbocycles. The van der Waals surface area contributed by atoms with E-state index >= 15 is 0 Å². The zero-order valence-electron chi connectivity index (χ0n) is 11.2. The summed E-state index contributed by atoms with van der Waals surface area (Å²) in [5, 5.41) is 7.87. The first-order valence-corrected chi connectivity index (χ1v) is 6.41. The van der Waals surface area contributed by atoms with E-state index in [1.165, 1.54) is 12.8 Å². The Balaban J connectivity index is 2.21. The molecule has 0 saturated heterocycles. The highest BCUT2D eigenvalue weighted by Crippen LogP contribution is 2.37. The quantitative estimate of drug-likeness (QED) is 0.875. The molecule has 4 nitrogen and oxygen atoms in total. The van der Waals surface area contributed by atoms with Gasteiger partial charge in [-0.2, -0.15) is 5.10 Å². The molecule has 1 heterocycles. The van der Waals surface area contributed by atoms with E-state index in [1.54, 1.807) is 13.3 Å². The summed E-state index contributed by atoms with van der Waals surface area (Å²) in [7, 11) is 3.73. The molecule has 0 aromatic carbocycles. The Labute approximate surface area is 103 Å². The summed E-state index contributed by atoms with van der Waals surface area (Å²) in [5.41, 5.74) is 0. The molecule has 0 radical (unpaired) electrons. The largest absolute Gasteiger partial charge is 0.493 e. The van der Waals surface area contributed by atoms with Crippen LogP contribution in [-0.4, -0.2) is 30.0 Å². The van der Waals surface area contributed by atoms with Crippen molar-refractivity contribution in [2.24, 2.45) is 11.8 Å². The van der Waals surface area contributed by atoms with Crippen LogP contribution in [-0.2, 0) is 0 Å². The van der Waals surface area contributed by atoms with Crippen LogP contribution >= 0.6 is 0 Å². The summed E-state index contributed by atoms with van der Waals surface area (Å²) in [4.78, 5) is 0. The SMILES string of the molecule is CNC1CC(C)CC(C)C1n1cc(OC)cn1. The molecule has 1 aromatic heterocycles. The standard InChI is InChI=1S/C13H23N3O/c1-9-5-10(2)13(12(6-9)14-3)16-8-11(17-4)7-15-16/h7-10,12-14H,5-6H2,1-4H3. The van der Waals surface area contributed by atoms with Crippen LogP contribution < -0.4 is 10.1 Å². The molecule has 4 heteroatoms. The molecule has 1 aliphatic rings. The summed E-state index contributed by atoms with van der Waals surface area (Å²) in [6, 6.07) is 0.929. The highest BCUT2D eigenvalue weighted by Gasteiger charge is 2.34. The topological polar surface area (TPSA) is 39.1 Å². The molecule has 17 heavy (non-hydrogen) atoms. The summed E-state index contributed by atoms with van der Waals surface area (Å²) < 4.78 is 7.27. The first-order valence-electron chi connectivity index (χ1n) is 6.41. The van der Waals surface area contributed by atoms with Crippen LogP contribution in [0, 0.1) is 11.8 Å². The maximum absolute atomic E-state index is 5.21. The lowest BCUT2D eigenvalue weighted by Crippen LogP contribution is -2.44. The van der Waals surface area contributed by atoms with Crippen molar-refractivity contribution in [2.45, 2.75) is 38.8 Å². The third kappa shape index (κ3) is 2.46. The third-order valence-electron chi connectivity index (χ3n) is 3.92. The van der Waals surface area contributed by atoms with Gasteiger partial charge in [-0.05, 0) is 31.7 Å². The van der Waals surface area contributed by atoms with Gasteiger partial charge in [0.15, 0.2) is 5.75 Å². The normalized spacial score (nSPS) is 33.6. The van der Waals surface area contributed by atoms with Crippen LogP contribution in [0.25, 0.3) is 0 Å². The Kier molecular flexibility index (Phi) is 3.72. The summed E-state index contributed by atoms with van der Waals surface area (Å²) in [6.07, 6.45) is 6.28. The van der Waals surface area contributed by atoms with Gasteiger partial charge in [0.05, 0.1) is 25.5 Å². The summed E-state index contributed by atoms with van der Waals surface area (Å²) in [5.74, 6) is 2.27. The van der Waals surface area contributed by atoms with Crippen LogP contribution in [0.15, 0.2) is 12.4 Å². The van der Waals surface area contributed by atoms with Gasteiger partial charge in [-0.1, -0.05) is 13.8 Å². The minimum absolute atomic E-state index is 0.431. The number of ether oxygens (including phenoxy) is 1. The minimum Gasteiger partial charge on any atom is -0.493 e. The predicted molar refractivity (Wildman–Crippen MR) is 68.2 cm³/mol. The molecule has 0 bridgehead atoms. The minimum atomic E-state index is 0.431. The highest BCUT2D eigenvalue weighted by molar-refractivity contribution is 5.12. The van der Waals surface area contributed by atoms with E-state index in [1.807, 2.05) is 13.2 Å². The Morgan fingerprint density at radius 3 is 2.76 bits per heavy atom. The Morgan fingerprint density at radius 2 is 2.18 bits per heavy atom. The second kappa shape index (κ2) is 5.08. The van der Waals surface area contributed by atoms with Gasteiger partial charge < -0.3 is 10.1 Å². The number of nitrogens with one attached hydrogen (secondary N) is 1. The monoisotopic (exact) mass is 237 g/mol. The maximum atomic E-state index is 5.21. The number of nitrogens with zero attached hydrogens (tertiary/aromatic N) is 2. The van der Waals surface area contributed by atoms with Gasteiger partial charge in [-0.25, -0.2) is 0 Å². The van der Waals surface area contributed by atoms with Gasteiger partial charge in [0, 0.05) is 6.04 Å². The zero-order valence-corrected chi connectivity index (χ0v) is 11.2. The van der Waals surface area contributed by atoms with Gasteiger partial charge in [-0.3, -0.25) is 4.68 Å². The average Bonchev–Trinajstić information content (AvgIpc) is 2.76. The van der Waals surface area contributed by atoms with Crippen molar-refractivity contribution in [3.8, 4) is 5.75 Å². The van der Waals surface area contributed by atoms with Crippen molar-refractivity contribution < 1.29 is 4.74 Å². The van der Waals surface area contributed by atoms with Crippen LogP contribution in [0.2, 0.25) is 0 Å². The number of likely N-dealkylation sites (N-methyl/N-ethyl adjacent to an activating group) is 1. The average molecular weight is 237 g/mol. The van der Waals surface area contributed by atoms with Crippen molar-refractivity contribution in [3.05, 3.63) is 12.4 Å². The van der Waals surface area contributed by atoms with Crippen LogP contribution in [0.4, 0.5) is 0 Å². The fraction of sp³-hybridized carbons (Fsp3) is 0.769. The van der Waals surface area contributed by atoms with E-state index in [-0.39, 0.29) is 0 Å². The van der Waals surface area contributed by atoms with Crippen molar-refractivity contribution in [2.75, 3.05) is 14.2 Å². The predicted octanol–water partition coefficient (Wildman–Crippen LogP) is 2.09. The second-order valence-electron chi connectivity index (χ2n) is 5.30. The molecule has 1 N–H and O–H groups in total. The first-order chi connectivity index (χ1) is 8.15. The van der Waals surface area contributed by atoms with Gasteiger partial charge in [0.1, 0.15) is 0 Å². The number of aromatic nitrogens is 2. The highest BCUT2D eigenvalue weighted by atomic mass is 16.5. The number of methoxy groups -OCH3 is 1. The molecular formula is C13H23N3O. The lowest BCUT2D eigenvalue weighted by molar-refractivity contribution is 0.148. The van der Waals surface area contributed by atoms with Crippen molar-refractivity contribution in [1.82, 2.24) is 15.1 Å². The van der Waals surface area contributed by atoms with Gasteiger partial charge in [-0.15, -0.1) is 0 Å². The van der Waals surface area contributed by atoms with Gasteiger partial charge in [0.25, 0.3) is 0 Å². The molecule has 2 rings (SSSR count). The lowest BCUT2D eigenvalue weighted by atomic mass is 9.76. The molecule has 4 atom stereocenters. The first kappa shape index (κ1) is 12.4. The number of hydrogen-bond acceptors (Lipinski definition) is 3. The van der Waals surface area contributed by atoms with Crippen LogP contribution in [0.3, 0.4) is 0 Å². The molecule has 1 fully saturated rings. The Morgan fingerprint density at radius 1 is 1.41 bits per heavy atom. The van der Waals surface area contributed by atoms with E-state index in [9.17, 15) is 0 Å². The molecule has 1 aliphatic carbocycles. The molecule has 0 amide bonds. The van der Waals surface area contributed by atoms with Crippen molar-refractivity contribution in [3.63, 3.8) is 0 Å². The number of rotatable bonds is 3. The van der Waals surface area contributed by atoms with E-state index in [0.29, 0.717) is 18.0 Å².